The number of hydrogen-bond acceptors (Lipinski definition) is 3. The second-order valence-electron chi connectivity index (χ2n) is 3.70. The average Bonchev–Trinajstić information content (AvgIpc) is 2.32. The third-order valence-electron chi connectivity index (χ3n) is 2.64. The Morgan fingerprint density at radius 1 is 1.35 bits per heavy atom. The standard InChI is InChI=1S/C10H11BrClN3O2/c11-7-1-2-8(12)13-9(7)14-3-5-15(6-4-14)10(16)17/h1-2H,3-6H2,(H,16,17). The summed E-state index contributed by atoms with van der Waals surface area (Å²) >= 11 is 9.27. The number of hydrogen-bond donors (Lipinski definition) is 1. The van der Waals surface area contributed by atoms with Crippen LogP contribution >= 0.6 is 27.5 Å². The van der Waals surface area contributed by atoms with Crippen LogP contribution < -0.4 is 4.90 Å². The first-order valence-electron chi connectivity index (χ1n) is 5.13. The van der Waals surface area contributed by atoms with E-state index in [1.165, 1.54) is 4.90 Å². The van der Waals surface area contributed by atoms with Crippen LogP contribution in [0.25, 0.3) is 0 Å². The van der Waals surface area contributed by atoms with Crippen LogP contribution in [-0.4, -0.2) is 47.3 Å². The maximum Gasteiger partial charge on any atom is 0.407 e. The van der Waals surface area contributed by atoms with E-state index in [9.17, 15) is 4.79 Å². The molecule has 0 spiro atoms. The molecule has 1 saturated heterocycles. The molecule has 0 unspecified atom stereocenters. The summed E-state index contributed by atoms with van der Waals surface area (Å²) in [4.78, 5) is 18.4. The van der Waals surface area contributed by atoms with Crippen molar-refractivity contribution in [2.45, 2.75) is 0 Å². The first-order valence-corrected chi connectivity index (χ1v) is 6.30. The molecule has 0 atom stereocenters. The molecule has 7 heteroatoms. The summed E-state index contributed by atoms with van der Waals surface area (Å²) in [6, 6.07) is 3.55. The van der Waals surface area contributed by atoms with Gasteiger partial charge in [-0.25, -0.2) is 9.78 Å². The van der Waals surface area contributed by atoms with Crippen molar-refractivity contribution >= 4 is 39.4 Å². The van der Waals surface area contributed by atoms with Crippen molar-refractivity contribution in [2.75, 3.05) is 31.1 Å². The molecule has 0 saturated carbocycles. The number of pyridine rings is 1. The van der Waals surface area contributed by atoms with Crippen LogP contribution in [-0.2, 0) is 0 Å². The molecule has 2 heterocycles. The molecule has 92 valence electrons. The predicted molar refractivity (Wildman–Crippen MR) is 68.8 cm³/mol. The van der Waals surface area contributed by atoms with Crippen molar-refractivity contribution in [1.29, 1.82) is 0 Å². The molecule has 1 aliphatic rings. The molecule has 0 bridgehead atoms. The van der Waals surface area contributed by atoms with Crippen LogP contribution in [0.5, 0.6) is 0 Å². The Hall–Kier alpha value is -1.01. The molecule has 1 fully saturated rings. The molecule has 2 rings (SSSR count). The number of rotatable bonds is 1. The molecule has 1 N–H and O–H groups in total. The Bertz CT molecular complexity index is 436. The van der Waals surface area contributed by atoms with Gasteiger partial charge < -0.3 is 14.9 Å². The van der Waals surface area contributed by atoms with E-state index >= 15 is 0 Å². The largest absolute Gasteiger partial charge is 0.465 e. The van der Waals surface area contributed by atoms with Gasteiger partial charge in [0.25, 0.3) is 0 Å². The summed E-state index contributed by atoms with van der Waals surface area (Å²) in [5.74, 6) is 0.766. The zero-order valence-corrected chi connectivity index (χ0v) is 11.3. The summed E-state index contributed by atoms with van der Waals surface area (Å²) in [5, 5.41) is 9.29. The number of halogens is 2. The summed E-state index contributed by atoms with van der Waals surface area (Å²) in [5.41, 5.74) is 0. The van der Waals surface area contributed by atoms with Crippen LogP contribution in [0.2, 0.25) is 5.15 Å². The van der Waals surface area contributed by atoms with E-state index in [1.54, 1.807) is 6.07 Å². The van der Waals surface area contributed by atoms with Crippen LogP contribution in [0.15, 0.2) is 16.6 Å². The van der Waals surface area contributed by atoms with Crippen molar-refractivity contribution in [2.24, 2.45) is 0 Å². The lowest BCUT2D eigenvalue weighted by atomic mass is 10.3. The Morgan fingerprint density at radius 2 is 2.00 bits per heavy atom. The highest BCUT2D eigenvalue weighted by atomic mass is 79.9. The number of carbonyl (C=O) groups is 1. The van der Waals surface area contributed by atoms with E-state index in [1.807, 2.05) is 11.0 Å². The van der Waals surface area contributed by atoms with E-state index in [0.29, 0.717) is 31.3 Å². The molecule has 0 aliphatic carbocycles. The van der Waals surface area contributed by atoms with Crippen molar-refractivity contribution in [3.8, 4) is 0 Å². The first-order chi connectivity index (χ1) is 8.08. The van der Waals surface area contributed by atoms with E-state index < -0.39 is 6.09 Å². The summed E-state index contributed by atoms with van der Waals surface area (Å²) in [6.45, 7) is 2.21. The second kappa shape index (κ2) is 5.10. The third-order valence-corrected chi connectivity index (χ3v) is 3.47. The van der Waals surface area contributed by atoms with Crippen LogP contribution in [0.3, 0.4) is 0 Å². The molecule has 1 aromatic heterocycles. The molecule has 5 nitrogen and oxygen atoms in total. The van der Waals surface area contributed by atoms with Crippen molar-refractivity contribution in [1.82, 2.24) is 9.88 Å². The van der Waals surface area contributed by atoms with Gasteiger partial charge >= 0.3 is 6.09 Å². The highest BCUT2D eigenvalue weighted by Crippen LogP contribution is 2.26. The third kappa shape index (κ3) is 2.81. The summed E-state index contributed by atoms with van der Waals surface area (Å²) < 4.78 is 0.866. The Morgan fingerprint density at radius 3 is 2.59 bits per heavy atom. The topological polar surface area (TPSA) is 56.7 Å². The average molecular weight is 321 g/mol. The first kappa shape index (κ1) is 12.4. The van der Waals surface area contributed by atoms with E-state index in [-0.39, 0.29) is 0 Å². The van der Waals surface area contributed by atoms with Gasteiger partial charge in [0, 0.05) is 26.2 Å². The minimum atomic E-state index is -0.872. The van der Waals surface area contributed by atoms with Gasteiger partial charge in [-0.2, -0.15) is 0 Å². The predicted octanol–water partition coefficient (Wildman–Crippen LogP) is 2.30. The number of nitrogens with zero attached hydrogens (tertiary/aromatic N) is 3. The highest BCUT2D eigenvalue weighted by molar-refractivity contribution is 9.10. The zero-order chi connectivity index (χ0) is 12.4. The fraction of sp³-hybridized carbons (Fsp3) is 0.400. The highest BCUT2D eigenvalue weighted by Gasteiger charge is 2.22. The van der Waals surface area contributed by atoms with Gasteiger partial charge in [0.15, 0.2) is 0 Å². The molecule has 0 radical (unpaired) electrons. The number of piperazine rings is 1. The number of anilines is 1. The van der Waals surface area contributed by atoms with Crippen molar-refractivity contribution in [3.05, 3.63) is 21.8 Å². The normalized spacial score (nSPS) is 16.1. The molecule has 1 aromatic rings. The van der Waals surface area contributed by atoms with Gasteiger partial charge in [0.1, 0.15) is 11.0 Å². The fourth-order valence-corrected chi connectivity index (χ4v) is 2.35. The number of aromatic nitrogens is 1. The minimum Gasteiger partial charge on any atom is -0.465 e. The lowest BCUT2D eigenvalue weighted by Gasteiger charge is -2.34. The Labute approximate surface area is 112 Å². The smallest absolute Gasteiger partial charge is 0.407 e. The Balaban J connectivity index is 2.10. The SMILES string of the molecule is O=C(O)N1CCN(c2nc(Cl)ccc2Br)CC1. The van der Waals surface area contributed by atoms with Gasteiger partial charge in [0.2, 0.25) is 0 Å². The molecule has 1 aliphatic heterocycles. The quantitative estimate of drug-likeness (QED) is 0.807. The second-order valence-corrected chi connectivity index (χ2v) is 4.94. The number of carboxylic acid groups (broad SMARTS) is 1. The van der Waals surface area contributed by atoms with Gasteiger partial charge in [-0.3, -0.25) is 0 Å². The van der Waals surface area contributed by atoms with Crippen LogP contribution in [0.1, 0.15) is 0 Å². The van der Waals surface area contributed by atoms with Crippen molar-refractivity contribution < 1.29 is 9.90 Å². The van der Waals surface area contributed by atoms with Gasteiger partial charge in [-0.15, -0.1) is 0 Å². The molecule has 0 aromatic carbocycles. The molecule has 1 amide bonds. The summed E-state index contributed by atoms with van der Waals surface area (Å²) in [7, 11) is 0. The monoisotopic (exact) mass is 319 g/mol. The molecular weight excluding hydrogens is 309 g/mol. The maximum absolute atomic E-state index is 10.8. The van der Waals surface area contributed by atoms with Crippen LogP contribution in [0.4, 0.5) is 10.6 Å². The van der Waals surface area contributed by atoms with E-state index in [4.69, 9.17) is 16.7 Å². The van der Waals surface area contributed by atoms with Gasteiger partial charge in [0.05, 0.1) is 4.47 Å². The van der Waals surface area contributed by atoms with E-state index in [2.05, 4.69) is 20.9 Å². The van der Waals surface area contributed by atoms with Gasteiger partial charge in [-0.05, 0) is 28.1 Å². The van der Waals surface area contributed by atoms with E-state index in [0.717, 1.165) is 10.3 Å². The van der Waals surface area contributed by atoms with Gasteiger partial charge in [-0.1, -0.05) is 11.6 Å². The molecular formula is C10H11BrClN3O2. The summed E-state index contributed by atoms with van der Waals surface area (Å²) in [6.07, 6.45) is -0.872. The van der Waals surface area contributed by atoms with Crippen LogP contribution in [0, 0.1) is 0 Å². The minimum absolute atomic E-state index is 0.434. The lowest BCUT2D eigenvalue weighted by molar-refractivity contribution is 0.142. The fourth-order valence-electron chi connectivity index (χ4n) is 1.74. The lowest BCUT2D eigenvalue weighted by Crippen LogP contribution is -2.48. The van der Waals surface area contributed by atoms with Crippen molar-refractivity contribution in [3.63, 3.8) is 0 Å². The maximum atomic E-state index is 10.8. The zero-order valence-electron chi connectivity index (χ0n) is 8.94. The number of amides is 1. The molecule has 17 heavy (non-hydrogen) atoms. The Kier molecular flexibility index (Phi) is 3.73.